The predicted octanol–water partition coefficient (Wildman–Crippen LogP) is 6.09. The molecule has 2 aromatic rings. The largest absolute Gasteiger partial charge is 0.507 e. The molecule has 4 heteroatoms. The monoisotopic (exact) mass is 396 g/mol. The minimum atomic E-state index is -0.272. The highest BCUT2D eigenvalue weighted by molar-refractivity contribution is 6.04. The zero-order valence-corrected chi connectivity index (χ0v) is 19.2. The number of hydrogen-bond acceptors (Lipinski definition) is 3. The fourth-order valence-electron chi connectivity index (χ4n) is 3.46. The van der Waals surface area contributed by atoms with Gasteiger partial charge in [0.05, 0.1) is 0 Å². The summed E-state index contributed by atoms with van der Waals surface area (Å²) in [5.74, 6) is 0.113. The molecule has 0 unspecified atom stereocenters. The molecule has 0 aliphatic heterocycles. The molecule has 0 bridgehead atoms. The van der Waals surface area contributed by atoms with Gasteiger partial charge in [0.1, 0.15) is 5.75 Å². The van der Waals surface area contributed by atoms with E-state index in [-0.39, 0.29) is 22.5 Å². The Morgan fingerprint density at radius 2 is 1.34 bits per heavy atom. The van der Waals surface area contributed by atoms with Crippen LogP contribution in [-0.2, 0) is 10.8 Å². The van der Waals surface area contributed by atoms with E-state index in [1.54, 1.807) is 0 Å². The molecule has 2 aromatic carbocycles. The number of hydrogen-bond donors (Lipinski definition) is 2. The second-order valence-corrected chi connectivity index (χ2v) is 9.59. The van der Waals surface area contributed by atoms with Gasteiger partial charge in [-0.15, -0.1) is 0 Å². The number of phenolic OH excluding ortho intramolecular Hbond substituents is 1. The maximum atomic E-state index is 13.0. The Morgan fingerprint density at radius 1 is 0.897 bits per heavy atom. The standard InChI is InChI=1S/C25H36N2O2/c1-9-27(10-2)19-13-11-18(12-14-19)26-23(29)17-15-20(24(3,4)5)22(28)21(16-17)25(6,7)8/h11-16,28H,9-10H2,1-8H3,(H,26,29). The number of aromatic hydroxyl groups is 1. The van der Waals surface area contributed by atoms with Gasteiger partial charge in [-0.05, 0) is 61.1 Å². The first-order valence-corrected chi connectivity index (χ1v) is 10.4. The summed E-state index contributed by atoms with van der Waals surface area (Å²) in [5, 5.41) is 13.8. The molecule has 0 saturated heterocycles. The molecule has 158 valence electrons. The van der Waals surface area contributed by atoms with E-state index in [2.05, 4.69) is 24.1 Å². The Bertz CT molecular complexity index is 817. The molecule has 0 heterocycles. The first kappa shape index (κ1) is 22.8. The maximum absolute atomic E-state index is 13.0. The molecule has 0 spiro atoms. The first-order chi connectivity index (χ1) is 13.4. The van der Waals surface area contributed by atoms with Crippen molar-refractivity contribution in [2.24, 2.45) is 0 Å². The van der Waals surface area contributed by atoms with Crippen LogP contribution in [0.2, 0.25) is 0 Å². The second-order valence-electron chi connectivity index (χ2n) is 9.59. The normalized spacial score (nSPS) is 12.0. The van der Waals surface area contributed by atoms with Gasteiger partial charge in [-0.1, -0.05) is 41.5 Å². The van der Waals surface area contributed by atoms with Gasteiger partial charge in [-0.3, -0.25) is 4.79 Å². The van der Waals surface area contributed by atoms with Gasteiger partial charge in [0, 0.05) is 41.2 Å². The van der Waals surface area contributed by atoms with E-state index in [1.165, 1.54) is 0 Å². The first-order valence-electron chi connectivity index (χ1n) is 10.4. The average molecular weight is 397 g/mol. The van der Waals surface area contributed by atoms with Crippen molar-refractivity contribution in [3.8, 4) is 5.75 Å². The molecule has 4 nitrogen and oxygen atoms in total. The number of rotatable bonds is 5. The van der Waals surface area contributed by atoms with Crippen molar-refractivity contribution in [3.05, 3.63) is 53.1 Å². The molecular formula is C25H36N2O2. The molecule has 0 aromatic heterocycles. The molecule has 0 aliphatic carbocycles. The molecule has 0 aliphatic rings. The Morgan fingerprint density at radius 3 is 1.72 bits per heavy atom. The van der Waals surface area contributed by atoms with Gasteiger partial charge < -0.3 is 15.3 Å². The molecule has 0 saturated carbocycles. The molecule has 0 atom stereocenters. The highest BCUT2D eigenvalue weighted by atomic mass is 16.3. The maximum Gasteiger partial charge on any atom is 0.255 e. The topological polar surface area (TPSA) is 52.6 Å². The van der Waals surface area contributed by atoms with E-state index in [0.29, 0.717) is 5.56 Å². The Balaban J connectivity index is 2.38. The lowest BCUT2D eigenvalue weighted by molar-refractivity contribution is 0.102. The molecule has 0 radical (unpaired) electrons. The van der Waals surface area contributed by atoms with Crippen molar-refractivity contribution in [2.45, 2.75) is 66.2 Å². The summed E-state index contributed by atoms with van der Waals surface area (Å²) in [5.41, 5.74) is 3.48. The summed E-state index contributed by atoms with van der Waals surface area (Å²) in [7, 11) is 0. The predicted molar refractivity (Wildman–Crippen MR) is 123 cm³/mol. The third-order valence-electron chi connectivity index (χ3n) is 5.24. The molecule has 2 N–H and O–H groups in total. The van der Waals surface area contributed by atoms with E-state index < -0.39 is 0 Å². The zero-order chi connectivity index (χ0) is 22.0. The lowest BCUT2D eigenvalue weighted by Crippen LogP contribution is -2.22. The summed E-state index contributed by atoms with van der Waals surface area (Å²) in [6.07, 6.45) is 0. The van der Waals surface area contributed by atoms with E-state index >= 15 is 0 Å². The SMILES string of the molecule is CCN(CC)c1ccc(NC(=O)c2cc(C(C)(C)C)c(O)c(C(C)(C)C)c2)cc1. The lowest BCUT2D eigenvalue weighted by atomic mass is 9.78. The van der Waals surface area contributed by atoms with Crippen molar-refractivity contribution < 1.29 is 9.90 Å². The van der Waals surface area contributed by atoms with Crippen molar-refractivity contribution >= 4 is 17.3 Å². The summed E-state index contributed by atoms with van der Waals surface area (Å²) < 4.78 is 0. The number of nitrogens with zero attached hydrogens (tertiary/aromatic N) is 1. The number of anilines is 2. The molecule has 2 rings (SSSR count). The highest BCUT2D eigenvalue weighted by Crippen LogP contribution is 2.39. The van der Waals surface area contributed by atoms with Gasteiger partial charge in [0.15, 0.2) is 0 Å². The van der Waals surface area contributed by atoms with Crippen LogP contribution < -0.4 is 10.2 Å². The Hall–Kier alpha value is -2.49. The van der Waals surface area contributed by atoms with Crippen molar-refractivity contribution in [1.82, 2.24) is 0 Å². The number of phenols is 1. The van der Waals surface area contributed by atoms with Crippen LogP contribution in [0.3, 0.4) is 0 Å². The summed E-state index contributed by atoms with van der Waals surface area (Å²) in [4.78, 5) is 15.3. The van der Waals surface area contributed by atoms with Crippen molar-refractivity contribution in [1.29, 1.82) is 0 Å². The van der Waals surface area contributed by atoms with Crippen LogP contribution in [0, 0.1) is 0 Å². The number of amides is 1. The van der Waals surface area contributed by atoms with Crippen LogP contribution in [0.5, 0.6) is 5.75 Å². The average Bonchev–Trinajstić information content (AvgIpc) is 2.62. The fourth-order valence-corrected chi connectivity index (χ4v) is 3.46. The van der Waals surface area contributed by atoms with Gasteiger partial charge in [-0.2, -0.15) is 0 Å². The minimum Gasteiger partial charge on any atom is -0.507 e. The smallest absolute Gasteiger partial charge is 0.255 e. The lowest BCUT2D eigenvalue weighted by Gasteiger charge is -2.28. The zero-order valence-electron chi connectivity index (χ0n) is 19.2. The summed E-state index contributed by atoms with van der Waals surface area (Å²) in [6, 6.07) is 11.5. The number of carbonyl (C=O) groups is 1. The minimum absolute atomic E-state index is 0.170. The third-order valence-corrected chi connectivity index (χ3v) is 5.24. The van der Waals surface area contributed by atoms with Gasteiger partial charge in [0.2, 0.25) is 0 Å². The summed E-state index contributed by atoms with van der Waals surface area (Å²) in [6.45, 7) is 18.4. The second kappa shape index (κ2) is 8.48. The van der Waals surface area contributed by atoms with E-state index in [4.69, 9.17) is 0 Å². The number of carbonyl (C=O) groups excluding carboxylic acids is 1. The fraction of sp³-hybridized carbons (Fsp3) is 0.480. The Labute approximate surface area is 175 Å². The van der Waals surface area contributed by atoms with Crippen LogP contribution in [0.1, 0.15) is 76.9 Å². The molecule has 29 heavy (non-hydrogen) atoms. The van der Waals surface area contributed by atoms with Crippen LogP contribution in [0.4, 0.5) is 11.4 Å². The van der Waals surface area contributed by atoms with Gasteiger partial charge in [0.25, 0.3) is 5.91 Å². The van der Waals surface area contributed by atoms with Crippen LogP contribution in [-0.4, -0.2) is 24.1 Å². The highest BCUT2D eigenvalue weighted by Gasteiger charge is 2.27. The summed E-state index contributed by atoms with van der Waals surface area (Å²) >= 11 is 0. The molecule has 1 amide bonds. The van der Waals surface area contributed by atoms with E-state index in [0.717, 1.165) is 35.6 Å². The van der Waals surface area contributed by atoms with Crippen LogP contribution >= 0.6 is 0 Å². The van der Waals surface area contributed by atoms with Crippen molar-refractivity contribution in [3.63, 3.8) is 0 Å². The Kier molecular flexibility index (Phi) is 6.67. The van der Waals surface area contributed by atoms with Gasteiger partial charge in [-0.25, -0.2) is 0 Å². The number of benzene rings is 2. The third kappa shape index (κ3) is 5.31. The molecule has 0 fully saturated rings. The quantitative estimate of drug-likeness (QED) is 0.643. The number of nitrogens with one attached hydrogen (secondary N) is 1. The van der Waals surface area contributed by atoms with Gasteiger partial charge >= 0.3 is 0 Å². The van der Waals surface area contributed by atoms with E-state index in [1.807, 2.05) is 77.9 Å². The molecular weight excluding hydrogens is 360 g/mol. The van der Waals surface area contributed by atoms with E-state index in [9.17, 15) is 9.90 Å². The van der Waals surface area contributed by atoms with Crippen molar-refractivity contribution in [2.75, 3.05) is 23.3 Å². The van der Waals surface area contributed by atoms with Crippen LogP contribution in [0.25, 0.3) is 0 Å². The van der Waals surface area contributed by atoms with Crippen LogP contribution in [0.15, 0.2) is 36.4 Å².